The first kappa shape index (κ1) is 18.3. The number of methoxy groups -OCH3 is 1. The van der Waals surface area contributed by atoms with Crippen LogP contribution in [0.3, 0.4) is 0 Å². The van der Waals surface area contributed by atoms with Gasteiger partial charge in [-0.2, -0.15) is 0 Å². The fourth-order valence-corrected chi connectivity index (χ4v) is 3.71. The SMILES string of the molecule is COC1=CN(Cc2cccc(F)c2)C(n2c(C)cc3c(CN)cccc32)N=C1. The van der Waals surface area contributed by atoms with Crippen LogP contribution in [0.25, 0.3) is 10.9 Å². The van der Waals surface area contributed by atoms with Crippen LogP contribution in [0.2, 0.25) is 0 Å². The molecule has 0 bridgehead atoms. The minimum atomic E-state index is -0.298. The molecule has 0 fully saturated rings. The number of allylic oxidation sites excluding steroid dienone is 1. The van der Waals surface area contributed by atoms with E-state index in [2.05, 4.69) is 28.5 Å². The van der Waals surface area contributed by atoms with Crippen LogP contribution in [-0.2, 0) is 17.8 Å². The number of hydrogen-bond donors (Lipinski definition) is 1. The van der Waals surface area contributed by atoms with E-state index in [0.29, 0.717) is 18.8 Å². The number of halogens is 1. The summed E-state index contributed by atoms with van der Waals surface area (Å²) in [5.41, 5.74) is 10.0. The summed E-state index contributed by atoms with van der Waals surface area (Å²) in [5.74, 6) is 0.408. The van der Waals surface area contributed by atoms with E-state index in [1.807, 2.05) is 24.4 Å². The molecule has 0 saturated heterocycles. The maximum atomic E-state index is 13.7. The molecule has 4 rings (SSSR count). The summed E-state index contributed by atoms with van der Waals surface area (Å²) in [7, 11) is 1.61. The maximum Gasteiger partial charge on any atom is 0.203 e. The first-order valence-corrected chi connectivity index (χ1v) is 9.19. The van der Waals surface area contributed by atoms with E-state index in [4.69, 9.17) is 15.5 Å². The molecule has 1 aromatic heterocycles. The first-order valence-electron chi connectivity index (χ1n) is 9.19. The fraction of sp³-hybridized carbons (Fsp3) is 0.227. The number of aromatic nitrogens is 1. The van der Waals surface area contributed by atoms with Gasteiger partial charge in [-0.25, -0.2) is 9.38 Å². The van der Waals surface area contributed by atoms with Crippen molar-refractivity contribution < 1.29 is 9.13 Å². The first-order chi connectivity index (χ1) is 13.6. The summed E-state index contributed by atoms with van der Waals surface area (Å²) in [6.07, 6.45) is 3.35. The van der Waals surface area contributed by atoms with Crippen molar-refractivity contribution in [2.24, 2.45) is 10.7 Å². The summed E-state index contributed by atoms with van der Waals surface area (Å²) in [5, 5.41) is 1.13. The summed E-state index contributed by atoms with van der Waals surface area (Å²) >= 11 is 0. The smallest absolute Gasteiger partial charge is 0.203 e. The molecule has 3 aromatic rings. The van der Waals surface area contributed by atoms with Gasteiger partial charge in [0, 0.05) is 30.4 Å². The summed E-state index contributed by atoms with van der Waals surface area (Å²) in [6, 6.07) is 14.9. The molecule has 6 heteroatoms. The molecule has 2 aromatic carbocycles. The molecule has 0 aliphatic carbocycles. The van der Waals surface area contributed by atoms with Crippen LogP contribution in [0.1, 0.15) is 23.1 Å². The lowest BCUT2D eigenvalue weighted by Crippen LogP contribution is -2.30. The predicted molar refractivity (Wildman–Crippen MR) is 109 cm³/mol. The third-order valence-electron chi connectivity index (χ3n) is 5.03. The Morgan fingerprint density at radius 2 is 2.00 bits per heavy atom. The van der Waals surface area contributed by atoms with Gasteiger partial charge < -0.3 is 19.9 Å². The zero-order valence-electron chi connectivity index (χ0n) is 16.0. The van der Waals surface area contributed by atoms with Gasteiger partial charge in [0.2, 0.25) is 6.29 Å². The molecule has 0 amide bonds. The Morgan fingerprint density at radius 1 is 1.18 bits per heavy atom. The Labute approximate surface area is 163 Å². The largest absolute Gasteiger partial charge is 0.494 e. The number of fused-ring (bicyclic) bond motifs is 1. The van der Waals surface area contributed by atoms with E-state index >= 15 is 0 Å². The molecule has 1 aliphatic heterocycles. The molecule has 0 saturated carbocycles. The summed E-state index contributed by atoms with van der Waals surface area (Å²) in [6.45, 7) is 3.05. The Morgan fingerprint density at radius 3 is 2.75 bits per heavy atom. The van der Waals surface area contributed by atoms with Crippen molar-refractivity contribution in [2.45, 2.75) is 26.3 Å². The number of aliphatic imine (C=N–C) groups is 1. The highest BCUT2D eigenvalue weighted by atomic mass is 19.1. The van der Waals surface area contributed by atoms with Crippen LogP contribution < -0.4 is 5.73 Å². The fourth-order valence-electron chi connectivity index (χ4n) is 3.71. The topological polar surface area (TPSA) is 55.8 Å². The van der Waals surface area contributed by atoms with E-state index in [9.17, 15) is 4.39 Å². The van der Waals surface area contributed by atoms with E-state index in [0.717, 1.165) is 27.7 Å². The Kier molecular flexibility index (Phi) is 4.88. The Bertz CT molecular complexity index is 1070. The van der Waals surface area contributed by atoms with Gasteiger partial charge in [-0.1, -0.05) is 24.3 Å². The minimum absolute atomic E-state index is 0.249. The monoisotopic (exact) mass is 378 g/mol. The van der Waals surface area contributed by atoms with Crippen molar-refractivity contribution in [1.29, 1.82) is 0 Å². The van der Waals surface area contributed by atoms with Gasteiger partial charge in [0.1, 0.15) is 5.82 Å². The van der Waals surface area contributed by atoms with Gasteiger partial charge in [-0.05, 0) is 42.3 Å². The second kappa shape index (κ2) is 7.48. The molecule has 144 valence electrons. The van der Waals surface area contributed by atoms with Gasteiger partial charge in [0.05, 0.1) is 18.8 Å². The molecule has 1 aliphatic rings. The lowest BCUT2D eigenvalue weighted by molar-refractivity contribution is 0.187. The number of nitrogens with zero attached hydrogens (tertiary/aromatic N) is 3. The summed E-state index contributed by atoms with van der Waals surface area (Å²) < 4.78 is 21.2. The van der Waals surface area contributed by atoms with Gasteiger partial charge >= 0.3 is 0 Å². The molecule has 28 heavy (non-hydrogen) atoms. The number of nitrogens with two attached hydrogens (primary N) is 1. The van der Waals surface area contributed by atoms with Crippen LogP contribution >= 0.6 is 0 Å². The van der Waals surface area contributed by atoms with E-state index in [-0.39, 0.29) is 12.1 Å². The van der Waals surface area contributed by atoms with Crippen molar-refractivity contribution in [3.63, 3.8) is 0 Å². The highest BCUT2D eigenvalue weighted by molar-refractivity contribution is 5.85. The van der Waals surface area contributed by atoms with Crippen molar-refractivity contribution in [3.05, 3.63) is 83.1 Å². The molecule has 5 nitrogen and oxygen atoms in total. The maximum absolute atomic E-state index is 13.7. The minimum Gasteiger partial charge on any atom is -0.494 e. The molecule has 2 N–H and O–H groups in total. The quantitative estimate of drug-likeness (QED) is 0.728. The normalized spacial score (nSPS) is 16.5. The van der Waals surface area contributed by atoms with Crippen molar-refractivity contribution in [3.8, 4) is 0 Å². The number of aryl methyl sites for hydroxylation is 1. The number of benzene rings is 2. The predicted octanol–water partition coefficient (Wildman–Crippen LogP) is 4.08. The van der Waals surface area contributed by atoms with Crippen molar-refractivity contribution >= 4 is 17.1 Å². The van der Waals surface area contributed by atoms with E-state index < -0.39 is 0 Å². The lowest BCUT2D eigenvalue weighted by Gasteiger charge is -2.33. The van der Waals surface area contributed by atoms with Crippen LogP contribution in [0, 0.1) is 12.7 Å². The van der Waals surface area contributed by atoms with Gasteiger partial charge in [-0.15, -0.1) is 0 Å². The number of rotatable bonds is 5. The standard InChI is InChI=1S/C22H23FN4O/c1-15-9-20-17(11-24)6-4-8-21(20)27(15)22-25-12-19(28-2)14-26(22)13-16-5-3-7-18(23)10-16/h3-10,12,14,22H,11,13,24H2,1-2H3. The third-order valence-corrected chi connectivity index (χ3v) is 5.03. The van der Waals surface area contributed by atoms with E-state index in [1.54, 1.807) is 25.5 Å². The zero-order valence-corrected chi connectivity index (χ0v) is 16.0. The highest BCUT2D eigenvalue weighted by Gasteiger charge is 2.24. The highest BCUT2D eigenvalue weighted by Crippen LogP contribution is 2.31. The molecule has 2 heterocycles. The third kappa shape index (κ3) is 3.27. The second-order valence-corrected chi connectivity index (χ2v) is 6.87. The van der Waals surface area contributed by atoms with Gasteiger partial charge in [0.15, 0.2) is 5.76 Å². The van der Waals surface area contributed by atoms with Crippen LogP contribution in [-0.4, -0.2) is 22.8 Å². The van der Waals surface area contributed by atoms with Gasteiger partial charge in [0.25, 0.3) is 0 Å². The van der Waals surface area contributed by atoms with Crippen LogP contribution in [0.15, 0.2) is 65.5 Å². The lowest BCUT2D eigenvalue weighted by atomic mass is 10.1. The van der Waals surface area contributed by atoms with Crippen molar-refractivity contribution in [2.75, 3.05) is 7.11 Å². The summed E-state index contributed by atoms with van der Waals surface area (Å²) in [4.78, 5) is 6.79. The number of ether oxygens (including phenoxy) is 1. The van der Waals surface area contributed by atoms with Crippen molar-refractivity contribution in [1.82, 2.24) is 9.47 Å². The molecule has 0 spiro atoms. The Hall–Kier alpha value is -3.12. The molecular formula is C22H23FN4O. The number of hydrogen-bond acceptors (Lipinski definition) is 4. The average Bonchev–Trinajstić information content (AvgIpc) is 3.03. The van der Waals surface area contributed by atoms with Crippen LogP contribution in [0.5, 0.6) is 0 Å². The van der Waals surface area contributed by atoms with Crippen LogP contribution in [0.4, 0.5) is 4.39 Å². The Balaban J connectivity index is 1.79. The molecule has 1 atom stereocenters. The van der Waals surface area contributed by atoms with E-state index in [1.165, 1.54) is 6.07 Å². The average molecular weight is 378 g/mol. The second-order valence-electron chi connectivity index (χ2n) is 6.87. The molecular weight excluding hydrogens is 355 g/mol. The zero-order chi connectivity index (χ0) is 19.7. The molecule has 1 unspecified atom stereocenters. The van der Waals surface area contributed by atoms with Gasteiger partial charge in [-0.3, -0.25) is 0 Å². The molecule has 0 radical (unpaired) electrons.